The summed E-state index contributed by atoms with van der Waals surface area (Å²) < 4.78 is 6.34. The van der Waals surface area contributed by atoms with Crippen LogP contribution in [0, 0.1) is 6.92 Å². The maximum absolute atomic E-state index is 11.9. The molecule has 0 aliphatic heterocycles. The molecule has 0 fully saturated rings. The molecule has 2 aromatic heterocycles. The topological polar surface area (TPSA) is 61.2 Å². The fourth-order valence-electron chi connectivity index (χ4n) is 1.60. The van der Waals surface area contributed by atoms with Gasteiger partial charge in [0.25, 0.3) is 5.56 Å². The number of hydrogen-bond acceptors (Lipinski definition) is 5. The molecule has 0 aromatic carbocycles. The average Bonchev–Trinajstić information content (AvgIpc) is 2.62. The molecule has 0 radical (unpaired) electrons. The van der Waals surface area contributed by atoms with Crippen LogP contribution in [-0.2, 0) is 11.8 Å². The first kappa shape index (κ1) is 11.8. The summed E-state index contributed by atoms with van der Waals surface area (Å²) in [6, 6.07) is 0. The minimum absolute atomic E-state index is 0.140. The third-order valence-electron chi connectivity index (χ3n) is 2.47. The van der Waals surface area contributed by atoms with Crippen molar-refractivity contribution in [1.29, 1.82) is 0 Å². The van der Waals surface area contributed by atoms with E-state index in [4.69, 9.17) is 4.74 Å². The lowest BCUT2D eigenvalue weighted by atomic mass is 10.2. The number of ether oxygens (including phenoxy) is 1. The van der Waals surface area contributed by atoms with Gasteiger partial charge in [0.1, 0.15) is 9.71 Å². The summed E-state index contributed by atoms with van der Waals surface area (Å²) in [4.78, 5) is 28.8. The Bertz CT molecular complexity index is 642. The highest BCUT2D eigenvalue weighted by atomic mass is 32.1. The van der Waals surface area contributed by atoms with E-state index in [1.807, 2.05) is 0 Å². The van der Waals surface area contributed by atoms with Crippen LogP contribution in [0.25, 0.3) is 10.2 Å². The van der Waals surface area contributed by atoms with Crippen LogP contribution >= 0.6 is 11.3 Å². The predicted molar refractivity (Wildman–Crippen MR) is 65.6 cm³/mol. The van der Waals surface area contributed by atoms with Crippen LogP contribution in [0.3, 0.4) is 0 Å². The van der Waals surface area contributed by atoms with Crippen LogP contribution in [0.4, 0.5) is 0 Å². The SMILES string of the molecule is CCOC(=O)c1sc2ncn(C)c(=O)c2c1C. The van der Waals surface area contributed by atoms with Crippen molar-refractivity contribution >= 4 is 27.5 Å². The molecule has 0 spiro atoms. The minimum atomic E-state index is -0.393. The quantitative estimate of drug-likeness (QED) is 0.759. The van der Waals surface area contributed by atoms with Crippen molar-refractivity contribution in [2.75, 3.05) is 6.61 Å². The number of aryl methyl sites for hydroxylation is 2. The van der Waals surface area contributed by atoms with Gasteiger partial charge in [0.15, 0.2) is 0 Å². The number of nitrogens with zero attached hydrogens (tertiary/aromatic N) is 2. The highest BCUT2D eigenvalue weighted by molar-refractivity contribution is 7.20. The zero-order valence-corrected chi connectivity index (χ0v) is 10.6. The van der Waals surface area contributed by atoms with E-state index < -0.39 is 5.97 Å². The fraction of sp³-hybridized carbons (Fsp3) is 0.364. The van der Waals surface area contributed by atoms with Crippen molar-refractivity contribution in [3.05, 3.63) is 27.1 Å². The van der Waals surface area contributed by atoms with E-state index in [0.717, 1.165) is 0 Å². The zero-order valence-electron chi connectivity index (χ0n) is 9.81. The maximum Gasteiger partial charge on any atom is 0.348 e. The molecule has 2 aromatic rings. The molecule has 0 bridgehead atoms. The number of aromatic nitrogens is 2. The Balaban J connectivity index is 2.70. The van der Waals surface area contributed by atoms with Crippen molar-refractivity contribution < 1.29 is 9.53 Å². The summed E-state index contributed by atoms with van der Waals surface area (Å²) in [7, 11) is 1.63. The normalized spacial score (nSPS) is 10.8. The zero-order chi connectivity index (χ0) is 12.6. The Morgan fingerprint density at radius 1 is 1.59 bits per heavy atom. The van der Waals surface area contributed by atoms with Gasteiger partial charge in [-0.1, -0.05) is 0 Å². The van der Waals surface area contributed by atoms with Gasteiger partial charge < -0.3 is 9.30 Å². The van der Waals surface area contributed by atoms with Gasteiger partial charge in [-0.3, -0.25) is 4.79 Å². The predicted octanol–water partition coefficient (Wildman–Crippen LogP) is 1.48. The van der Waals surface area contributed by atoms with Crippen molar-refractivity contribution in [1.82, 2.24) is 9.55 Å². The number of rotatable bonds is 2. The van der Waals surface area contributed by atoms with E-state index >= 15 is 0 Å². The molecular formula is C11H12N2O3S. The molecule has 2 rings (SSSR count). The van der Waals surface area contributed by atoms with Crippen molar-refractivity contribution in [3.63, 3.8) is 0 Å². The third kappa shape index (κ3) is 1.84. The molecule has 90 valence electrons. The Kier molecular flexibility index (Phi) is 2.97. The van der Waals surface area contributed by atoms with E-state index in [1.165, 1.54) is 22.2 Å². The first-order valence-electron chi connectivity index (χ1n) is 5.18. The Hall–Kier alpha value is -1.69. The molecule has 0 N–H and O–H groups in total. The molecule has 0 aliphatic carbocycles. The summed E-state index contributed by atoms with van der Waals surface area (Å²) in [5, 5.41) is 0.503. The summed E-state index contributed by atoms with van der Waals surface area (Å²) in [5.41, 5.74) is 0.511. The Morgan fingerprint density at radius 3 is 2.94 bits per heavy atom. The van der Waals surface area contributed by atoms with Gasteiger partial charge in [0.05, 0.1) is 18.3 Å². The first-order chi connectivity index (χ1) is 8.06. The molecule has 2 heterocycles. The van der Waals surface area contributed by atoms with Crippen LogP contribution in [0.1, 0.15) is 22.2 Å². The number of thiophene rings is 1. The lowest BCUT2D eigenvalue weighted by Gasteiger charge is -1.99. The first-order valence-corrected chi connectivity index (χ1v) is 5.99. The van der Waals surface area contributed by atoms with E-state index in [9.17, 15) is 9.59 Å². The lowest BCUT2D eigenvalue weighted by Crippen LogP contribution is -2.16. The van der Waals surface area contributed by atoms with Gasteiger partial charge >= 0.3 is 5.97 Å². The van der Waals surface area contributed by atoms with E-state index in [1.54, 1.807) is 20.9 Å². The molecule has 0 aliphatic rings. The van der Waals surface area contributed by atoms with Crippen LogP contribution in [0.15, 0.2) is 11.1 Å². The molecule has 6 heteroatoms. The van der Waals surface area contributed by atoms with E-state index in [0.29, 0.717) is 27.3 Å². The highest BCUT2D eigenvalue weighted by Gasteiger charge is 2.19. The second-order valence-corrected chi connectivity index (χ2v) is 4.62. The monoisotopic (exact) mass is 252 g/mol. The number of fused-ring (bicyclic) bond motifs is 1. The van der Waals surface area contributed by atoms with Gasteiger partial charge in [-0.25, -0.2) is 9.78 Å². The third-order valence-corrected chi connectivity index (χ3v) is 3.65. The second kappa shape index (κ2) is 4.29. The molecule has 0 saturated heterocycles. The number of carbonyl (C=O) groups is 1. The van der Waals surface area contributed by atoms with Crippen molar-refractivity contribution in [3.8, 4) is 0 Å². The van der Waals surface area contributed by atoms with E-state index in [2.05, 4.69) is 4.98 Å². The standard InChI is InChI=1S/C11H12N2O3S/c1-4-16-11(15)8-6(2)7-9(17-8)12-5-13(3)10(7)14/h5H,4H2,1-3H3. The molecule has 0 unspecified atom stereocenters. The van der Waals surface area contributed by atoms with Gasteiger partial charge in [0, 0.05) is 7.05 Å². The highest BCUT2D eigenvalue weighted by Crippen LogP contribution is 2.27. The number of hydrogen-bond donors (Lipinski definition) is 0. The minimum Gasteiger partial charge on any atom is -0.462 e. The largest absolute Gasteiger partial charge is 0.462 e. The molecule has 0 saturated carbocycles. The van der Waals surface area contributed by atoms with Gasteiger partial charge in [0.2, 0.25) is 0 Å². The summed E-state index contributed by atoms with van der Waals surface area (Å²) in [5.74, 6) is -0.393. The van der Waals surface area contributed by atoms with Gasteiger partial charge in [-0.15, -0.1) is 11.3 Å². The maximum atomic E-state index is 11.9. The van der Waals surface area contributed by atoms with Gasteiger partial charge in [-0.05, 0) is 19.4 Å². The van der Waals surface area contributed by atoms with Crippen molar-refractivity contribution in [2.24, 2.45) is 7.05 Å². The summed E-state index contributed by atoms with van der Waals surface area (Å²) >= 11 is 1.20. The lowest BCUT2D eigenvalue weighted by molar-refractivity contribution is 0.0531. The van der Waals surface area contributed by atoms with E-state index in [-0.39, 0.29) is 5.56 Å². The van der Waals surface area contributed by atoms with Crippen LogP contribution < -0.4 is 5.56 Å². The van der Waals surface area contributed by atoms with Crippen LogP contribution in [-0.4, -0.2) is 22.1 Å². The van der Waals surface area contributed by atoms with Gasteiger partial charge in [-0.2, -0.15) is 0 Å². The Labute approximate surface area is 102 Å². The van der Waals surface area contributed by atoms with Crippen LogP contribution in [0.5, 0.6) is 0 Å². The second-order valence-electron chi connectivity index (χ2n) is 3.62. The fourth-order valence-corrected chi connectivity index (χ4v) is 2.63. The average molecular weight is 252 g/mol. The summed E-state index contributed by atoms with van der Waals surface area (Å²) in [6.45, 7) is 3.81. The van der Waals surface area contributed by atoms with Crippen molar-refractivity contribution in [2.45, 2.75) is 13.8 Å². The molecule has 0 amide bonds. The molecule has 0 atom stereocenters. The Morgan fingerprint density at radius 2 is 2.29 bits per heavy atom. The summed E-state index contributed by atoms with van der Waals surface area (Å²) in [6.07, 6.45) is 1.45. The number of esters is 1. The smallest absolute Gasteiger partial charge is 0.348 e. The molecule has 17 heavy (non-hydrogen) atoms. The molecule has 5 nitrogen and oxygen atoms in total. The van der Waals surface area contributed by atoms with Crippen LogP contribution in [0.2, 0.25) is 0 Å². The molecular weight excluding hydrogens is 240 g/mol. The number of carbonyl (C=O) groups excluding carboxylic acids is 1.